The molecule has 168 valence electrons. The predicted octanol–water partition coefficient (Wildman–Crippen LogP) is 6.33. The summed E-state index contributed by atoms with van der Waals surface area (Å²) in [5.41, 5.74) is 3.43. The number of amides is 1. The van der Waals surface area contributed by atoms with Crippen LogP contribution in [0.3, 0.4) is 0 Å². The van der Waals surface area contributed by atoms with Gasteiger partial charge in [-0.3, -0.25) is 4.79 Å². The molecule has 4 rings (SSSR count). The van der Waals surface area contributed by atoms with Gasteiger partial charge in [0.2, 0.25) is 0 Å². The third-order valence-corrected chi connectivity index (χ3v) is 6.64. The summed E-state index contributed by atoms with van der Waals surface area (Å²) in [5, 5.41) is 5.41. The molecule has 33 heavy (non-hydrogen) atoms. The first kappa shape index (κ1) is 22.9. The summed E-state index contributed by atoms with van der Waals surface area (Å²) in [6.45, 7) is 5.92. The van der Waals surface area contributed by atoms with E-state index >= 15 is 0 Å². The molecule has 4 aromatic rings. The van der Waals surface area contributed by atoms with Crippen molar-refractivity contribution in [3.8, 4) is 11.1 Å². The normalized spacial score (nSPS) is 10.9. The molecule has 0 aliphatic rings. The molecule has 1 N–H and O–H groups in total. The molecule has 2 heterocycles. The molecule has 0 saturated heterocycles. The fourth-order valence-electron chi connectivity index (χ4n) is 3.40. The largest absolute Gasteiger partial charge is 0.462 e. The summed E-state index contributed by atoms with van der Waals surface area (Å²) < 4.78 is 11.3. The van der Waals surface area contributed by atoms with Crippen molar-refractivity contribution in [1.29, 1.82) is 0 Å². The van der Waals surface area contributed by atoms with E-state index in [1.807, 2.05) is 32.0 Å². The third kappa shape index (κ3) is 4.62. The molecule has 1 amide bonds. The Morgan fingerprint density at radius 1 is 1.09 bits per heavy atom. The lowest BCUT2D eigenvalue weighted by molar-refractivity contribution is 0.0529. The van der Waals surface area contributed by atoms with Crippen molar-refractivity contribution >= 4 is 55.1 Å². The van der Waals surface area contributed by atoms with Crippen molar-refractivity contribution in [2.75, 3.05) is 11.9 Å². The second-order valence-electron chi connectivity index (χ2n) is 7.46. The monoisotopic (exact) mass is 525 g/mol. The average Bonchev–Trinajstić information content (AvgIpc) is 3.19. The summed E-state index contributed by atoms with van der Waals surface area (Å²) in [4.78, 5) is 38.3. The standard InChI is InChI=1S/C25H20BrNO5S/c1-4-31-25(30)21-19(15-6-5-13(2)14(3)9-15)12-33-23(21)27-22(28)18-11-16-10-17(26)7-8-20(16)32-24(18)29/h5-12H,4H2,1-3H3,(H,27,28). The van der Waals surface area contributed by atoms with Gasteiger partial charge in [-0.05, 0) is 61.7 Å². The number of hydrogen-bond donors (Lipinski definition) is 1. The van der Waals surface area contributed by atoms with Gasteiger partial charge in [0, 0.05) is 20.8 Å². The summed E-state index contributed by atoms with van der Waals surface area (Å²) in [7, 11) is 0. The SMILES string of the molecule is CCOC(=O)c1c(-c2ccc(C)c(C)c2)csc1NC(=O)c1cc2cc(Br)ccc2oc1=O. The predicted molar refractivity (Wildman–Crippen MR) is 133 cm³/mol. The van der Waals surface area contributed by atoms with Crippen LogP contribution in [0.15, 0.2) is 61.5 Å². The molecule has 0 aliphatic carbocycles. The lowest BCUT2D eigenvalue weighted by Crippen LogP contribution is -2.21. The summed E-state index contributed by atoms with van der Waals surface area (Å²) in [6.07, 6.45) is 0. The molecule has 0 spiro atoms. The van der Waals surface area contributed by atoms with Gasteiger partial charge in [0.1, 0.15) is 21.7 Å². The molecule has 0 radical (unpaired) electrons. The number of benzene rings is 2. The van der Waals surface area contributed by atoms with Gasteiger partial charge in [0.15, 0.2) is 0 Å². The minimum Gasteiger partial charge on any atom is -0.462 e. The number of carbonyl (C=O) groups excluding carboxylic acids is 2. The molecule has 6 nitrogen and oxygen atoms in total. The van der Waals surface area contributed by atoms with Gasteiger partial charge in [-0.2, -0.15) is 0 Å². The second-order valence-corrected chi connectivity index (χ2v) is 9.25. The number of halogens is 1. The van der Waals surface area contributed by atoms with E-state index in [4.69, 9.17) is 9.15 Å². The molecular formula is C25H20BrNO5S. The number of fused-ring (bicyclic) bond motifs is 1. The molecule has 0 fully saturated rings. The maximum atomic E-state index is 13.0. The van der Waals surface area contributed by atoms with E-state index in [0.717, 1.165) is 21.2 Å². The molecule has 2 aromatic carbocycles. The quantitative estimate of drug-likeness (QED) is 0.243. The maximum Gasteiger partial charge on any atom is 0.349 e. The molecule has 0 saturated carbocycles. The lowest BCUT2D eigenvalue weighted by Gasteiger charge is -2.10. The van der Waals surface area contributed by atoms with E-state index < -0.39 is 17.5 Å². The zero-order valence-electron chi connectivity index (χ0n) is 18.2. The smallest absolute Gasteiger partial charge is 0.349 e. The molecular weight excluding hydrogens is 506 g/mol. The minimum atomic E-state index is -0.758. The summed E-state index contributed by atoms with van der Waals surface area (Å²) in [6, 6.07) is 12.5. The van der Waals surface area contributed by atoms with Gasteiger partial charge < -0.3 is 14.5 Å². The van der Waals surface area contributed by atoms with Crippen LogP contribution in [0.2, 0.25) is 0 Å². The van der Waals surface area contributed by atoms with Gasteiger partial charge in [-0.15, -0.1) is 11.3 Å². The highest BCUT2D eigenvalue weighted by atomic mass is 79.9. The summed E-state index contributed by atoms with van der Waals surface area (Å²) in [5.74, 6) is -1.21. The van der Waals surface area contributed by atoms with Gasteiger partial charge in [0.25, 0.3) is 5.91 Å². The Labute approximate surface area is 202 Å². The Morgan fingerprint density at radius 3 is 2.61 bits per heavy atom. The second kappa shape index (κ2) is 9.33. The first-order chi connectivity index (χ1) is 15.8. The molecule has 0 bridgehead atoms. The third-order valence-electron chi connectivity index (χ3n) is 5.25. The van der Waals surface area contributed by atoms with Gasteiger partial charge in [-0.25, -0.2) is 9.59 Å². The Kier molecular flexibility index (Phi) is 6.49. The van der Waals surface area contributed by atoms with E-state index in [1.165, 1.54) is 17.4 Å². The molecule has 2 aromatic heterocycles. The number of aryl methyl sites for hydroxylation is 2. The van der Waals surface area contributed by atoms with Crippen molar-refractivity contribution < 1.29 is 18.7 Å². The van der Waals surface area contributed by atoms with Gasteiger partial charge in [-0.1, -0.05) is 34.1 Å². The van der Waals surface area contributed by atoms with Crippen LogP contribution in [0.1, 0.15) is 38.8 Å². The highest BCUT2D eigenvalue weighted by Gasteiger charge is 2.24. The maximum absolute atomic E-state index is 13.0. The zero-order chi connectivity index (χ0) is 23.7. The van der Waals surface area contributed by atoms with Crippen molar-refractivity contribution in [3.05, 3.63) is 85.0 Å². The highest BCUT2D eigenvalue weighted by Crippen LogP contribution is 2.37. The molecule has 8 heteroatoms. The van der Waals surface area contributed by atoms with Crippen LogP contribution in [0.4, 0.5) is 5.00 Å². The topological polar surface area (TPSA) is 85.6 Å². The Morgan fingerprint density at radius 2 is 1.88 bits per heavy atom. The van der Waals surface area contributed by atoms with Crippen LogP contribution in [0.25, 0.3) is 22.1 Å². The highest BCUT2D eigenvalue weighted by molar-refractivity contribution is 9.10. The number of hydrogen-bond acceptors (Lipinski definition) is 6. The number of carbonyl (C=O) groups is 2. The van der Waals surface area contributed by atoms with Gasteiger partial charge in [0.05, 0.1) is 6.61 Å². The zero-order valence-corrected chi connectivity index (χ0v) is 20.6. The van der Waals surface area contributed by atoms with Crippen molar-refractivity contribution in [2.45, 2.75) is 20.8 Å². The van der Waals surface area contributed by atoms with E-state index in [9.17, 15) is 14.4 Å². The number of esters is 1. The van der Waals surface area contributed by atoms with Crippen LogP contribution in [0.5, 0.6) is 0 Å². The first-order valence-corrected chi connectivity index (χ1v) is 11.9. The Balaban J connectivity index is 1.75. The van der Waals surface area contributed by atoms with Gasteiger partial charge >= 0.3 is 11.6 Å². The van der Waals surface area contributed by atoms with Crippen LogP contribution >= 0.6 is 27.3 Å². The van der Waals surface area contributed by atoms with Crippen molar-refractivity contribution in [2.24, 2.45) is 0 Å². The molecule has 0 unspecified atom stereocenters. The van der Waals surface area contributed by atoms with Crippen LogP contribution in [0, 0.1) is 13.8 Å². The average molecular weight is 526 g/mol. The number of ether oxygens (including phenoxy) is 1. The van der Waals surface area contributed by atoms with E-state index in [-0.39, 0.29) is 17.7 Å². The summed E-state index contributed by atoms with van der Waals surface area (Å²) >= 11 is 4.57. The van der Waals surface area contributed by atoms with E-state index in [1.54, 1.807) is 30.5 Å². The van der Waals surface area contributed by atoms with Crippen molar-refractivity contribution in [1.82, 2.24) is 0 Å². The first-order valence-electron chi connectivity index (χ1n) is 10.2. The number of thiophene rings is 1. The molecule has 0 aliphatic heterocycles. The van der Waals surface area contributed by atoms with Crippen LogP contribution < -0.4 is 10.9 Å². The van der Waals surface area contributed by atoms with Crippen LogP contribution in [-0.2, 0) is 4.74 Å². The molecule has 0 atom stereocenters. The number of anilines is 1. The fourth-order valence-corrected chi connectivity index (χ4v) is 4.73. The Bertz CT molecular complexity index is 1450. The van der Waals surface area contributed by atoms with E-state index in [2.05, 4.69) is 21.2 Å². The Hall–Kier alpha value is -3.23. The number of nitrogens with one attached hydrogen (secondary N) is 1. The van der Waals surface area contributed by atoms with Crippen LogP contribution in [-0.4, -0.2) is 18.5 Å². The number of rotatable bonds is 5. The fraction of sp³-hybridized carbons (Fsp3) is 0.160. The van der Waals surface area contributed by atoms with E-state index in [0.29, 0.717) is 21.5 Å². The van der Waals surface area contributed by atoms with Crippen molar-refractivity contribution in [3.63, 3.8) is 0 Å². The lowest BCUT2D eigenvalue weighted by atomic mass is 9.99. The minimum absolute atomic E-state index is 0.156.